The average molecular weight is 628 g/mol. The van der Waals surface area contributed by atoms with Crippen molar-refractivity contribution in [2.24, 2.45) is 0 Å². The lowest BCUT2D eigenvalue weighted by Gasteiger charge is -2.37. The van der Waals surface area contributed by atoms with Gasteiger partial charge < -0.3 is 29.2 Å². The van der Waals surface area contributed by atoms with Crippen LogP contribution >= 0.6 is 11.6 Å². The first-order chi connectivity index (χ1) is 20.1. The van der Waals surface area contributed by atoms with E-state index in [4.69, 9.17) is 21.1 Å². The molecule has 3 heterocycles. The highest BCUT2D eigenvalue weighted by molar-refractivity contribution is 6.33. The largest absolute Gasteiger partial charge is 0.463 e. The zero-order valence-electron chi connectivity index (χ0n) is 24.4. The van der Waals surface area contributed by atoms with Gasteiger partial charge >= 0.3 is 18.3 Å². The quantitative estimate of drug-likeness (QED) is 0.413. The SMILES string of the molecule is CCOc1nc2n(CC(=O)Nc3ccc(C(F)(F)F)cc3Cl)c(CC)c(N3CCN(C(=O)OC(C)(C)C)CC3)c(=O)n2n1. The number of nitrogens with zero attached hydrogens (tertiary/aromatic N) is 6. The van der Waals surface area contributed by atoms with Crippen LogP contribution in [0.25, 0.3) is 5.78 Å². The van der Waals surface area contributed by atoms with Gasteiger partial charge in [-0.1, -0.05) is 18.5 Å². The fraction of sp³-hybridized carbons (Fsp3) is 0.519. The van der Waals surface area contributed by atoms with E-state index in [9.17, 15) is 27.6 Å². The number of alkyl halides is 3. The molecule has 0 bridgehead atoms. The third-order valence-electron chi connectivity index (χ3n) is 6.53. The zero-order chi connectivity index (χ0) is 31.7. The van der Waals surface area contributed by atoms with Gasteiger partial charge in [0.25, 0.3) is 5.56 Å². The molecule has 12 nitrogen and oxygen atoms in total. The normalized spacial score (nSPS) is 14.3. The van der Waals surface area contributed by atoms with E-state index in [0.717, 1.165) is 22.7 Å². The third kappa shape index (κ3) is 7.14. The van der Waals surface area contributed by atoms with Crippen molar-refractivity contribution < 1.29 is 32.2 Å². The Bertz CT molecular complexity index is 1570. The van der Waals surface area contributed by atoms with Crippen LogP contribution in [-0.4, -0.2) is 74.5 Å². The van der Waals surface area contributed by atoms with E-state index >= 15 is 0 Å². The van der Waals surface area contributed by atoms with E-state index in [1.54, 1.807) is 32.6 Å². The molecule has 0 saturated carbocycles. The van der Waals surface area contributed by atoms with Gasteiger partial charge in [0.2, 0.25) is 11.7 Å². The average Bonchev–Trinajstić information content (AvgIpc) is 3.34. The van der Waals surface area contributed by atoms with Gasteiger partial charge in [-0.05, 0) is 52.3 Å². The number of aromatic nitrogens is 4. The summed E-state index contributed by atoms with van der Waals surface area (Å²) in [5, 5.41) is 6.45. The Morgan fingerprint density at radius 2 is 1.77 bits per heavy atom. The Kier molecular flexibility index (Phi) is 9.13. The number of benzene rings is 1. The molecule has 0 atom stereocenters. The first kappa shape index (κ1) is 31.9. The Morgan fingerprint density at radius 1 is 1.09 bits per heavy atom. The highest BCUT2D eigenvalue weighted by Gasteiger charge is 2.32. The van der Waals surface area contributed by atoms with Crippen molar-refractivity contribution in [1.82, 2.24) is 24.1 Å². The van der Waals surface area contributed by atoms with E-state index in [-0.39, 0.29) is 41.3 Å². The van der Waals surface area contributed by atoms with Crippen molar-refractivity contribution in [2.45, 2.75) is 59.4 Å². The molecule has 0 spiro atoms. The number of amides is 2. The smallest absolute Gasteiger partial charge is 0.416 e. The lowest BCUT2D eigenvalue weighted by atomic mass is 10.2. The number of nitrogens with one attached hydrogen (secondary N) is 1. The van der Waals surface area contributed by atoms with Crippen LogP contribution in [0, 0.1) is 0 Å². The van der Waals surface area contributed by atoms with Gasteiger partial charge in [-0.15, -0.1) is 5.10 Å². The second-order valence-corrected chi connectivity index (χ2v) is 11.2. The molecule has 0 aliphatic carbocycles. The van der Waals surface area contributed by atoms with Gasteiger partial charge in [0, 0.05) is 26.2 Å². The number of anilines is 2. The molecule has 43 heavy (non-hydrogen) atoms. The molecule has 1 aromatic carbocycles. The molecule has 1 fully saturated rings. The van der Waals surface area contributed by atoms with Gasteiger partial charge in [0.1, 0.15) is 17.8 Å². The molecule has 16 heteroatoms. The molecule has 0 radical (unpaired) electrons. The summed E-state index contributed by atoms with van der Waals surface area (Å²) in [4.78, 5) is 47.2. The summed E-state index contributed by atoms with van der Waals surface area (Å²) >= 11 is 6.04. The first-order valence-corrected chi connectivity index (χ1v) is 14.1. The molecule has 2 aromatic heterocycles. The van der Waals surface area contributed by atoms with Crippen molar-refractivity contribution in [3.8, 4) is 6.01 Å². The number of piperazine rings is 1. The summed E-state index contributed by atoms with van der Waals surface area (Å²) in [6, 6.07) is 2.56. The number of hydrogen-bond donors (Lipinski definition) is 1. The predicted octanol–water partition coefficient (Wildman–Crippen LogP) is 4.22. The topological polar surface area (TPSA) is 123 Å². The maximum Gasteiger partial charge on any atom is 0.416 e. The number of carbonyl (C=O) groups excluding carboxylic acids is 2. The molecule has 1 aliphatic rings. The molecule has 2 amide bonds. The van der Waals surface area contributed by atoms with Crippen LogP contribution < -0.4 is 20.5 Å². The lowest BCUT2D eigenvalue weighted by molar-refractivity contribution is -0.137. The molecule has 1 aliphatic heterocycles. The number of halogens is 4. The minimum atomic E-state index is -4.59. The van der Waals surface area contributed by atoms with Gasteiger partial charge in [-0.3, -0.25) is 9.59 Å². The van der Waals surface area contributed by atoms with Crippen molar-refractivity contribution in [1.29, 1.82) is 0 Å². The molecule has 4 rings (SSSR count). The standard InChI is InChI=1S/C27H33ClF3N7O5/c1-6-19-21(35-10-12-36(13-11-35)25(41)43-26(3,4)5)22(40)38-24(33-23(34-38)42-7-2)37(19)15-20(39)32-18-9-8-16(14-17(18)28)27(29,30)31/h8-9,14H,6-7,10-13,15H2,1-5H3,(H,32,39). The van der Waals surface area contributed by atoms with E-state index in [1.165, 1.54) is 4.57 Å². The van der Waals surface area contributed by atoms with Crippen LogP contribution in [-0.2, 0) is 28.7 Å². The van der Waals surface area contributed by atoms with Gasteiger partial charge in [0.15, 0.2) is 0 Å². The maximum atomic E-state index is 13.7. The Hall–Kier alpha value is -4.01. The van der Waals surface area contributed by atoms with E-state index < -0.39 is 34.9 Å². The number of carbonyl (C=O) groups is 2. The molecule has 1 N–H and O–H groups in total. The van der Waals surface area contributed by atoms with Crippen molar-refractivity contribution >= 4 is 40.8 Å². The van der Waals surface area contributed by atoms with E-state index in [2.05, 4.69) is 15.4 Å². The fourth-order valence-corrected chi connectivity index (χ4v) is 4.89. The van der Waals surface area contributed by atoms with Crippen molar-refractivity contribution in [2.75, 3.05) is 43.0 Å². The predicted molar refractivity (Wildman–Crippen MR) is 153 cm³/mol. The van der Waals surface area contributed by atoms with Crippen molar-refractivity contribution in [3.63, 3.8) is 0 Å². The van der Waals surface area contributed by atoms with Gasteiger partial charge in [-0.2, -0.15) is 22.7 Å². The summed E-state index contributed by atoms with van der Waals surface area (Å²) in [5.41, 5.74) is -1.32. The second-order valence-electron chi connectivity index (χ2n) is 10.8. The van der Waals surface area contributed by atoms with Crippen LogP contribution in [0.15, 0.2) is 23.0 Å². The number of ether oxygens (including phenoxy) is 2. The molecule has 234 valence electrons. The van der Waals surface area contributed by atoms with Gasteiger partial charge in [-0.25, -0.2) is 4.79 Å². The Morgan fingerprint density at radius 3 is 2.33 bits per heavy atom. The lowest BCUT2D eigenvalue weighted by Crippen LogP contribution is -2.51. The summed E-state index contributed by atoms with van der Waals surface area (Å²) in [7, 11) is 0. The Balaban J connectivity index is 1.68. The third-order valence-corrected chi connectivity index (χ3v) is 6.85. The highest BCUT2D eigenvalue weighted by atomic mass is 35.5. The van der Waals surface area contributed by atoms with Crippen LogP contribution in [0.3, 0.4) is 0 Å². The minimum Gasteiger partial charge on any atom is -0.463 e. The molecule has 1 saturated heterocycles. The van der Waals surface area contributed by atoms with Crippen molar-refractivity contribution in [3.05, 3.63) is 44.8 Å². The Labute approximate surface area is 250 Å². The fourth-order valence-electron chi connectivity index (χ4n) is 4.67. The van der Waals surface area contributed by atoms with Crippen LogP contribution in [0.1, 0.15) is 45.9 Å². The monoisotopic (exact) mass is 627 g/mol. The number of hydrogen-bond acceptors (Lipinski definition) is 8. The van der Waals surface area contributed by atoms with E-state index in [1.807, 2.05) is 11.8 Å². The first-order valence-electron chi connectivity index (χ1n) is 13.7. The molecular formula is C27H33ClF3N7O5. The molecule has 0 unspecified atom stereocenters. The summed E-state index contributed by atoms with van der Waals surface area (Å²) < 4.78 is 52.6. The maximum absolute atomic E-state index is 13.7. The highest BCUT2D eigenvalue weighted by Crippen LogP contribution is 2.34. The molecular weight excluding hydrogens is 595 g/mol. The summed E-state index contributed by atoms with van der Waals surface area (Å²) in [6.45, 7) is 9.97. The summed E-state index contributed by atoms with van der Waals surface area (Å²) in [5.74, 6) is -0.571. The molecule has 3 aromatic rings. The zero-order valence-corrected chi connectivity index (χ0v) is 25.2. The van der Waals surface area contributed by atoms with Gasteiger partial charge in [0.05, 0.1) is 28.6 Å². The summed E-state index contributed by atoms with van der Waals surface area (Å²) in [6.07, 6.45) is -4.73. The van der Waals surface area contributed by atoms with Crippen LogP contribution in [0.5, 0.6) is 6.01 Å². The second kappa shape index (κ2) is 12.3. The minimum absolute atomic E-state index is 0.00950. The van der Waals surface area contributed by atoms with E-state index in [0.29, 0.717) is 38.3 Å². The number of rotatable bonds is 7. The number of fused-ring (bicyclic) bond motifs is 1. The van der Waals surface area contributed by atoms with Crippen LogP contribution in [0.4, 0.5) is 29.3 Å². The van der Waals surface area contributed by atoms with Crippen LogP contribution in [0.2, 0.25) is 5.02 Å².